The molecule has 3 rings (SSSR count). The molecule has 7 heteroatoms. The second-order valence-corrected chi connectivity index (χ2v) is 5.95. The van der Waals surface area contributed by atoms with Crippen LogP contribution in [0.5, 0.6) is 0 Å². The van der Waals surface area contributed by atoms with E-state index >= 15 is 0 Å². The van der Waals surface area contributed by atoms with Crippen molar-refractivity contribution in [2.45, 2.75) is 6.54 Å². The van der Waals surface area contributed by atoms with Crippen molar-refractivity contribution in [2.24, 2.45) is 0 Å². The number of esters is 1. The third kappa shape index (κ3) is 3.80. The number of hydrogen-bond acceptors (Lipinski definition) is 5. The first-order chi connectivity index (χ1) is 12.1. The predicted octanol–water partition coefficient (Wildman–Crippen LogP) is 2.13. The summed E-state index contributed by atoms with van der Waals surface area (Å²) >= 11 is 0. The van der Waals surface area contributed by atoms with E-state index in [0.717, 1.165) is 25.2 Å². The summed E-state index contributed by atoms with van der Waals surface area (Å²) in [7, 11) is 1.35. The summed E-state index contributed by atoms with van der Waals surface area (Å²) in [6.45, 7) is 3.71. The lowest BCUT2D eigenvalue weighted by Crippen LogP contribution is -2.46. The zero-order chi connectivity index (χ0) is 17.8. The van der Waals surface area contributed by atoms with Gasteiger partial charge in [0.25, 0.3) is 0 Å². The van der Waals surface area contributed by atoms with Crippen LogP contribution in [-0.4, -0.2) is 49.1 Å². The molecule has 2 heterocycles. The third-order valence-electron chi connectivity index (χ3n) is 4.34. The highest BCUT2D eigenvalue weighted by molar-refractivity contribution is 5.87. The Kier molecular flexibility index (Phi) is 5.00. The van der Waals surface area contributed by atoms with Crippen molar-refractivity contribution >= 4 is 11.7 Å². The van der Waals surface area contributed by atoms with E-state index < -0.39 is 0 Å². The number of piperazine rings is 1. The molecule has 0 spiro atoms. The number of methoxy groups -OCH3 is 1. The van der Waals surface area contributed by atoms with Gasteiger partial charge >= 0.3 is 5.97 Å². The molecule has 0 unspecified atom stereocenters. The number of anilines is 1. The lowest BCUT2D eigenvalue weighted by atomic mass is 10.1. The Hall–Kier alpha value is -2.85. The number of ether oxygens (including phenoxy) is 1. The van der Waals surface area contributed by atoms with Crippen molar-refractivity contribution in [1.29, 1.82) is 5.26 Å². The Balaban J connectivity index is 1.58. The third-order valence-corrected chi connectivity index (χ3v) is 4.34. The van der Waals surface area contributed by atoms with Gasteiger partial charge in [0, 0.05) is 38.9 Å². The second-order valence-electron chi connectivity index (χ2n) is 5.95. The maximum Gasteiger partial charge on any atom is 0.354 e. The Bertz CT molecular complexity index is 804. The zero-order valence-electron chi connectivity index (χ0n) is 14.0. The number of nitrogens with one attached hydrogen (secondary N) is 1. The van der Waals surface area contributed by atoms with Crippen LogP contribution in [0.25, 0.3) is 0 Å². The number of aromatic amines is 1. The largest absolute Gasteiger partial charge is 0.464 e. The number of aromatic nitrogens is 1. The van der Waals surface area contributed by atoms with Crippen LogP contribution in [0.15, 0.2) is 30.5 Å². The highest BCUT2D eigenvalue weighted by Gasteiger charge is 2.20. The van der Waals surface area contributed by atoms with Gasteiger partial charge in [-0.05, 0) is 29.8 Å². The van der Waals surface area contributed by atoms with Crippen LogP contribution in [0.2, 0.25) is 0 Å². The molecule has 1 saturated heterocycles. The molecule has 2 aromatic rings. The van der Waals surface area contributed by atoms with Gasteiger partial charge in [0.05, 0.1) is 24.4 Å². The Morgan fingerprint density at radius 3 is 2.72 bits per heavy atom. The minimum atomic E-state index is -0.382. The van der Waals surface area contributed by atoms with Crippen LogP contribution < -0.4 is 4.90 Å². The van der Waals surface area contributed by atoms with E-state index in [2.05, 4.69) is 14.6 Å². The standard InChI is InChI=1S/C18H19FN4O2/c1-25-18(24)16-9-14(11-21-16)12-22-4-6-23(7-5-22)17-3-2-13(10-20)8-15(17)19/h2-3,8-9,11,21H,4-7,12H2,1H3. The molecule has 25 heavy (non-hydrogen) atoms. The lowest BCUT2D eigenvalue weighted by molar-refractivity contribution is 0.0594. The first-order valence-electron chi connectivity index (χ1n) is 8.03. The van der Waals surface area contributed by atoms with Crippen LogP contribution in [0.1, 0.15) is 21.6 Å². The number of rotatable bonds is 4. The maximum absolute atomic E-state index is 14.1. The number of carbonyl (C=O) groups is 1. The van der Waals surface area contributed by atoms with E-state index in [-0.39, 0.29) is 11.8 Å². The number of H-pyrrole nitrogens is 1. The van der Waals surface area contributed by atoms with Gasteiger partial charge < -0.3 is 14.6 Å². The highest BCUT2D eigenvalue weighted by atomic mass is 19.1. The predicted molar refractivity (Wildman–Crippen MR) is 90.7 cm³/mol. The number of hydrogen-bond donors (Lipinski definition) is 1. The summed E-state index contributed by atoms with van der Waals surface area (Å²) in [4.78, 5) is 18.6. The van der Waals surface area contributed by atoms with Crippen molar-refractivity contribution in [1.82, 2.24) is 9.88 Å². The molecule has 1 fully saturated rings. The molecule has 0 atom stereocenters. The molecular formula is C18H19FN4O2. The molecule has 1 N–H and O–H groups in total. The molecule has 0 amide bonds. The zero-order valence-corrected chi connectivity index (χ0v) is 14.0. The number of carbonyl (C=O) groups excluding carboxylic acids is 1. The Morgan fingerprint density at radius 1 is 1.32 bits per heavy atom. The summed E-state index contributed by atoms with van der Waals surface area (Å²) in [5.74, 6) is -0.742. The van der Waals surface area contributed by atoms with Gasteiger partial charge in [-0.15, -0.1) is 0 Å². The summed E-state index contributed by atoms with van der Waals surface area (Å²) in [5.41, 5.74) is 2.32. The van der Waals surface area contributed by atoms with Gasteiger partial charge in [-0.2, -0.15) is 5.26 Å². The summed E-state index contributed by atoms with van der Waals surface area (Å²) in [6, 6.07) is 8.31. The Morgan fingerprint density at radius 2 is 2.08 bits per heavy atom. The van der Waals surface area contributed by atoms with Gasteiger partial charge in [-0.1, -0.05) is 0 Å². The molecule has 0 bridgehead atoms. The second kappa shape index (κ2) is 7.36. The molecule has 1 aliphatic heterocycles. The van der Waals surface area contributed by atoms with E-state index in [9.17, 15) is 9.18 Å². The molecule has 6 nitrogen and oxygen atoms in total. The van der Waals surface area contributed by atoms with Crippen molar-refractivity contribution < 1.29 is 13.9 Å². The lowest BCUT2D eigenvalue weighted by Gasteiger charge is -2.36. The van der Waals surface area contributed by atoms with Gasteiger partial charge in [-0.3, -0.25) is 4.90 Å². The van der Waals surface area contributed by atoms with Gasteiger partial charge in [0.1, 0.15) is 11.5 Å². The number of nitriles is 1. The SMILES string of the molecule is COC(=O)c1cc(CN2CCN(c3ccc(C#N)cc3F)CC2)c[nH]1. The van der Waals surface area contributed by atoms with Crippen molar-refractivity contribution in [3.63, 3.8) is 0 Å². The van der Waals surface area contributed by atoms with E-state index in [1.165, 1.54) is 13.2 Å². The fourth-order valence-corrected chi connectivity index (χ4v) is 3.00. The fourth-order valence-electron chi connectivity index (χ4n) is 3.00. The molecule has 1 aliphatic rings. The summed E-state index contributed by atoms with van der Waals surface area (Å²) in [6.07, 6.45) is 1.80. The Labute approximate surface area is 145 Å². The van der Waals surface area contributed by atoms with E-state index in [1.807, 2.05) is 11.0 Å². The van der Waals surface area contributed by atoms with Gasteiger partial charge in [0.2, 0.25) is 0 Å². The molecule has 0 radical (unpaired) electrons. The average Bonchev–Trinajstić information content (AvgIpc) is 3.10. The summed E-state index contributed by atoms with van der Waals surface area (Å²) < 4.78 is 18.8. The monoisotopic (exact) mass is 342 g/mol. The van der Waals surface area contributed by atoms with E-state index in [0.29, 0.717) is 30.0 Å². The first kappa shape index (κ1) is 17.0. The van der Waals surface area contributed by atoms with Crippen LogP contribution in [-0.2, 0) is 11.3 Å². The minimum Gasteiger partial charge on any atom is -0.464 e. The molecule has 1 aromatic heterocycles. The maximum atomic E-state index is 14.1. The first-order valence-corrected chi connectivity index (χ1v) is 8.03. The molecule has 0 aliphatic carbocycles. The van der Waals surface area contributed by atoms with Gasteiger partial charge in [0.15, 0.2) is 0 Å². The van der Waals surface area contributed by atoms with Crippen molar-refractivity contribution in [3.8, 4) is 6.07 Å². The highest BCUT2D eigenvalue weighted by Crippen LogP contribution is 2.22. The number of halogens is 1. The topological polar surface area (TPSA) is 72.4 Å². The molecule has 1 aromatic carbocycles. The van der Waals surface area contributed by atoms with Gasteiger partial charge in [-0.25, -0.2) is 9.18 Å². The number of benzene rings is 1. The number of nitrogens with zero attached hydrogens (tertiary/aromatic N) is 3. The van der Waals surface area contributed by atoms with Crippen LogP contribution in [0.4, 0.5) is 10.1 Å². The van der Waals surface area contributed by atoms with Crippen molar-refractivity contribution in [2.75, 3.05) is 38.2 Å². The smallest absolute Gasteiger partial charge is 0.354 e. The molecule has 130 valence electrons. The van der Waals surface area contributed by atoms with Crippen LogP contribution in [0, 0.1) is 17.1 Å². The van der Waals surface area contributed by atoms with Crippen LogP contribution in [0.3, 0.4) is 0 Å². The molecular weight excluding hydrogens is 323 g/mol. The van der Waals surface area contributed by atoms with E-state index in [4.69, 9.17) is 5.26 Å². The fraction of sp³-hybridized carbons (Fsp3) is 0.333. The minimum absolute atomic E-state index is 0.328. The quantitative estimate of drug-likeness (QED) is 0.862. The normalized spacial score (nSPS) is 15.0. The molecule has 0 saturated carbocycles. The van der Waals surface area contributed by atoms with Crippen molar-refractivity contribution in [3.05, 3.63) is 53.1 Å². The van der Waals surface area contributed by atoms with E-state index in [1.54, 1.807) is 24.4 Å². The van der Waals surface area contributed by atoms with Crippen LogP contribution >= 0.6 is 0 Å². The summed E-state index contributed by atoms with van der Waals surface area (Å²) in [5, 5.41) is 8.82. The average molecular weight is 342 g/mol.